The van der Waals surface area contributed by atoms with Crippen LogP contribution in [0.4, 0.5) is 0 Å². The van der Waals surface area contributed by atoms with Crippen LogP contribution in [0.5, 0.6) is 0 Å². The highest BCUT2D eigenvalue weighted by molar-refractivity contribution is 5.69. The van der Waals surface area contributed by atoms with Gasteiger partial charge in [-0.3, -0.25) is 9.69 Å². The molecule has 0 rings (SSSR count). The fourth-order valence-corrected chi connectivity index (χ4v) is 1.58. The SMILES string of the molecule is CC(C)CN(CC(C)O)CC(C)C(=O)O. The fourth-order valence-electron chi connectivity index (χ4n) is 1.58. The van der Waals surface area contributed by atoms with Crippen molar-refractivity contribution in [3.8, 4) is 0 Å². The van der Waals surface area contributed by atoms with Crippen molar-refractivity contribution < 1.29 is 15.0 Å². The molecular weight excluding hydrogens is 194 g/mol. The van der Waals surface area contributed by atoms with Crippen molar-refractivity contribution in [2.45, 2.75) is 33.8 Å². The Bertz CT molecular complexity index is 182. The molecular formula is C11H23NO3. The van der Waals surface area contributed by atoms with E-state index in [0.29, 0.717) is 19.0 Å². The number of aliphatic hydroxyl groups excluding tert-OH is 1. The second-order valence-electron chi connectivity index (χ2n) is 4.70. The second-order valence-corrected chi connectivity index (χ2v) is 4.70. The van der Waals surface area contributed by atoms with Gasteiger partial charge in [0.25, 0.3) is 0 Å². The summed E-state index contributed by atoms with van der Waals surface area (Å²) in [6.07, 6.45) is -0.412. The van der Waals surface area contributed by atoms with Crippen LogP contribution in [-0.4, -0.2) is 46.8 Å². The molecule has 0 aliphatic heterocycles. The smallest absolute Gasteiger partial charge is 0.307 e. The van der Waals surface area contributed by atoms with Gasteiger partial charge in [-0.1, -0.05) is 20.8 Å². The predicted octanol–water partition coefficient (Wildman–Crippen LogP) is 1.05. The van der Waals surface area contributed by atoms with Crippen LogP contribution in [0.1, 0.15) is 27.7 Å². The van der Waals surface area contributed by atoms with Gasteiger partial charge < -0.3 is 10.2 Å². The molecule has 15 heavy (non-hydrogen) atoms. The van der Waals surface area contributed by atoms with Gasteiger partial charge in [0, 0.05) is 19.6 Å². The average Bonchev–Trinajstić information content (AvgIpc) is 2.00. The average molecular weight is 217 g/mol. The van der Waals surface area contributed by atoms with Crippen LogP contribution >= 0.6 is 0 Å². The number of carbonyl (C=O) groups is 1. The standard InChI is InChI=1S/C11H23NO3/c1-8(2)5-12(7-10(4)13)6-9(3)11(14)15/h8-10,13H,5-7H2,1-4H3,(H,14,15). The van der Waals surface area contributed by atoms with E-state index < -0.39 is 12.1 Å². The molecule has 0 aromatic heterocycles. The third-order valence-corrected chi connectivity index (χ3v) is 2.10. The monoisotopic (exact) mass is 217 g/mol. The zero-order valence-electron chi connectivity index (χ0n) is 10.1. The Hall–Kier alpha value is -0.610. The number of aliphatic carboxylic acids is 1. The zero-order chi connectivity index (χ0) is 12.0. The Kier molecular flexibility index (Phi) is 6.52. The van der Waals surface area contributed by atoms with E-state index in [4.69, 9.17) is 5.11 Å². The lowest BCUT2D eigenvalue weighted by Gasteiger charge is -2.26. The van der Waals surface area contributed by atoms with Gasteiger partial charge in [-0.25, -0.2) is 0 Å². The molecule has 90 valence electrons. The number of hydrogen-bond donors (Lipinski definition) is 2. The first-order valence-electron chi connectivity index (χ1n) is 5.46. The van der Waals surface area contributed by atoms with Gasteiger partial charge in [0.15, 0.2) is 0 Å². The highest BCUT2D eigenvalue weighted by atomic mass is 16.4. The summed E-state index contributed by atoms with van der Waals surface area (Å²) in [6.45, 7) is 9.44. The number of carboxylic acid groups (broad SMARTS) is 1. The molecule has 0 aromatic carbocycles. The minimum absolute atomic E-state index is 0.387. The lowest BCUT2D eigenvalue weighted by Crippen LogP contribution is -2.38. The van der Waals surface area contributed by atoms with Crippen molar-refractivity contribution in [3.05, 3.63) is 0 Å². The van der Waals surface area contributed by atoms with Crippen LogP contribution in [0, 0.1) is 11.8 Å². The van der Waals surface area contributed by atoms with E-state index in [2.05, 4.69) is 13.8 Å². The van der Waals surface area contributed by atoms with Gasteiger partial charge in [-0.15, -0.1) is 0 Å². The molecule has 0 saturated heterocycles. The van der Waals surface area contributed by atoms with Gasteiger partial charge >= 0.3 is 5.97 Å². The summed E-state index contributed by atoms with van der Waals surface area (Å²) in [7, 11) is 0. The Morgan fingerprint density at radius 3 is 2.00 bits per heavy atom. The van der Waals surface area contributed by atoms with Gasteiger partial charge in [0.2, 0.25) is 0 Å². The summed E-state index contributed by atoms with van der Waals surface area (Å²) in [6, 6.07) is 0. The quantitative estimate of drug-likeness (QED) is 0.669. The molecule has 0 saturated carbocycles. The predicted molar refractivity (Wildman–Crippen MR) is 59.8 cm³/mol. The molecule has 0 aliphatic carbocycles. The van der Waals surface area contributed by atoms with E-state index in [1.807, 2.05) is 4.90 Å². The Morgan fingerprint density at radius 2 is 1.67 bits per heavy atom. The van der Waals surface area contributed by atoms with E-state index in [9.17, 15) is 9.90 Å². The maximum absolute atomic E-state index is 10.7. The number of nitrogens with zero attached hydrogens (tertiary/aromatic N) is 1. The summed E-state index contributed by atoms with van der Waals surface area (Å²) in [4.78, 5) is 12.7. The molecule has 0 aliphatic rings. The van der Waals surface area contributed by atoms with Gasteiger partial charge in [0.1, 0.15) is 0 Å². The maximum Gasteiger partial charge on any atom is 0.307 e. The summed E-state index contributed by atoms with van der Waals surface area (Å²) >= 11 is 0. The van der Waals surface area contributed by atoms with E-state index in [1.54, 1.807) is 13.8 Å². The third-order valence-electron chi connectivity index (χ3n) is 2.10. The highest BCUT2D eigenvalue weighted by Gasteiger charge is 2.17. The van der Waals surface area contributed by atoms with Crippen molar-refractivity contribution in [1.29, 1.82) is 0 Å². The first-order valence-corrected chi connectivity index (χ1v) is 5.46. The summed E-state index contributed by atoms with van der Waals surface area (Å²) in [5, 5.41) is 18.1. The molecule has 2 N–H and O–H groups in total. The first kappa shape index (κ1) is 14.4. The molecule has 0 aromatic rings. The molecule has 0 fully saturated rings. The summed E-state index contributed by atoms with van der Waals surface area (Å²) < 4.78 is 0. The molecule has 0 bridgehead atoms. The largest absolute Gasteiger partial charge is 0.481 e. The molecule has 0 spiro atoms. The van der Waals surface area contributed by atoms with E-state index in [-0.39, 0.29) is 5.92 Å². The van der Waals surface area contributed by atoms with E-state index in [0.717, 1.165) is 6.54 Å². The van der Waals surface area contributed by atoms with Crippen LogP contribution in [0.25, 0.3) is 0 Å². The van der Waals surface area contributed by atoms with Crippen LogP contribution in [0.3, 0.4) is 0 Å². The zero-order valence-corrected chi connectivity index (χ0v) is 10.1. The molecule has 2 atom stereocenters. The Balaban J connectivity index is 4.17. The number of carboxylic acids is 1. The third kappa shape index (κ3) is 7.33. The van der Waals surface area contributed by atoms with Crippen LogP contribution in [0.2, 0.25) is 0 Å². The van der Waals surface area contributed by atoms with Crippen LogP contribution in [0.15, 0.2) is 0 Å². The second kappa shape index (κ2) is 6.80. The summed E-state index contributed by atoms with van der Waals surface area (Å²) in [5.41, 5.74) is 0. The van der Waals surface area contributed by atoms with Crippen LogP contribution in [-0.2, 0) is 4.79 Å². The molecule has 0 radical (unpaired) electrons. The normalized spacial score (nSPS) is 15.7. The molecule has 0 heterocycles. The topological polar surface area (TPSA) is 60.8 Å². The van der Waals surface area contributed by atoms with E-state index in [1.165, 1.54) is 0 Å². The van der Waals surface area contributed by atoms with Gasteiger partial charge in [-0.2, -0.15) is 0 Å². The van der Waals surface area contributed by atoms with Crippen molar-refractivity contribution in [3.63, 3.8) is 0 Å². The number of rotatable bonds is 7. The van der Waals surface area contributed by atoms with Crippen LogP contribution < -0.4 is 0 Å². The van der Waals surface area contributed by atoms with Crippen molar-refractivity contribution in [1.82, 2.24) is 4.90 Å². The lowest BCUT2D eigenvalue weighted by molar-refractivity contribution is -0.141. The van der Waals surface area contributed by atoms with Crippen molar-refractivity contribution >= 4 is 5.97 Å². The molecule has 2 unspecified atom stereocenters. The van der Waals surface area contributed by atoms with E-state index >= 15 is 0 Å². The number of hydrogen-bond acceptors (Lipinski definition) is 3. The van der Waals surface area contributed by atoms with Crippen molar-refractivity contribution in [2.75, 3.05) is 19.6 Å². The highest BCUT2D eigenvalue weighted by Crippen LogP contribution is 2.05. The minimum Gasteiger partial charge on any atom is -0.481 e. The summed E-state index contributed by atoms with van der Waals surface area (Å²) in [5.74, 6) is -0.693. The lowest BCUT2D eigenvalue weighted by atomic mass is 10.1. The fraction of sp³-hybridized carbons (Fsp3) is 0.909. The van der Waals surface area contributed by atoms with Gasteiger partial charge in [0.05, 0.1) is 12.0 Å². The van der Waals surface area contributed by atoms with Gasteiger partial charge in [-0.05, 0) is 12.8 Å². The molecule has 0 amide bonds. The number of aliphatic hydroxyl groups is 1. The maximum atomic E-state index is 10.7. The van der Waals surface area contributed by atoms with Crippen molar-refractivity contribution in [2.24, 2.45) is 11.8 Å². The Morgan fingerprint density at radius 1 is 1.13 bits per heavy atom. The minimum atomic E-state index is -0.783. The molecule has 4 heteroatoms. The first-order chi connectivity index (χ1) is 6.82. The Labute approximate surface area is 91.9 Å². The molecule has 4 nitrogen and oxygen atoms in total.